The van der Waals surface area contributed by atoms with Crippen LogP contribution in [0.2, 0.25) is 0 Å². The normalized spacial score (nSPS) is 17.2. The van der Waals surface area contributed by atoms with Crippen LogP contribution >= 0.6 is 0 Å². The topological polar surface area (TPSA) is 60.9 Å². The van der Waals surface area contributed by atoms with E-state index in [9.17, 15) is 4.79 Å². The molecule has 6 heteroatoms. The second kappa shape index (κ2) is 9.24. The molecule has 0 bridgehead atoms. The Morgan fingerprint density at radius 1 is 1.03 bits per heavy atom. The number of nitrogens with zero attached hydrogens (tertiary/aromatic N) is 2. The van der Waals surface area contributed by atoms with E-state index in [2.05, 4.69) is 6.08 Å². The Morgan fingerprint density at radius 3 is 2.61 bits per heavy atom. The second-order valence-corrected chi connectivity index (χ2v) is 8.37. The van der Waals surface area contributed by atoms with Gasteiger partial charge in [0.2, 0.25) is 0 Å². The minimum absolute atomic E-state index is 0.0838. The monoisotopic (exact) mass is 444 g/mol. The number of pyridine rings is 1. The Kier molecular flexibility index (Phi) is 6.01. The molecular formula is C27H28N2O4. The molecule has 1 amide bonds. The Balaban J connectivity index is 1.64. The van der Waals surface area contributed by atoms with Gasteiger partial charge in [-0.15, -0.1) is 0 Å². The third-order valence-electron chi connectivity index (χ3n) is 6.43. The van der Waals surface area contributed by atoms with Crippen molar-refractivity contribution in [2.24, 2.45) is 0 Å². The molecule has 2 aromatic carbocycles. The molecule has 1 aromatic heterocycles. The van der Waals surface area contributed by atoms with Gasteiger partial charge in [0.15, 0.2) is 11.5 Å². The highest BCUT2D eigenvalue weighted by Gasteiger charge is 2.28. The first-order valence-electron chi connectivity index (χ1n) is 11.4. The molecule has 1 aliphatic carbocycles. The van der Waals surface area contributed by atoms with Crippen molar-refractivity contribution in [1.29, 1.82) is 0 Å². The van der Waals surface area contributed by atoms with E-state index in [0.29, 0.717) is 37.8 Å². The molecule has 1 aliphatic heterocycles. The molecule has 0 saturated carbocycles. The number of carbonyl (C=O) groups is 1. The SMILES string of the molecule is COc1ccc(/C=C2\CCCc3c2nc2ccccc2c3C(=O)N2CCOCC2)cc1OC. The molecule has 0 spiro atoms. The summed E-state index contributed by atoms with van der Waals surface area (Å²) in [6.07, 6.45) is 4.90. The second-order valence-electron chi connectivity index (χ2n) is 8.37. The molecule has 3 aromatic rings. The van der Waals surface area contributed by atoms with Crippen LogP contribution in [0, 0.1) is 0 Å². The van der Waals surface area contributed by atoms with E-state index >= 15 is 0 Å². The number of carbonyl (C=O) groups excluding carboxylic acids is 1. The number of hydrogen-bond donors (Lipinski definition) is 0. The molecule has 33 heavy (non-hydrogen) atoms. The molecular weight excluding hydrogens is 416 g/mol. The maximum atomic E-state index is 13.7. The highest BCUT2D eigenvalue weighted by atomic mass is 16.5. The van der Waals surface area contributed by atoms with E-state index in [1.807, 2.05) is 47.4 Å². The van der Waals surface area contributed by atoms with Gasteiger partial charge in [-0.1, -0.05) is 24.3 Å². The minimum atomic E-state index is 0.0838. The van der Waals surface area contributed by atoms with Crippen molar-refractivity contribution in [1.82, 2.24) is 9.88 Å². The largest absolute Gasteiger partial charge is 0.493 e. The first-order valence-corrected chi connectivity index (χ1v) is 11.4. The van der Waals surface area contributed by atoms with Gasteiger partial charge < -0.3 is 19.1 Å². The number of allylic oxidation sites excluding steroid dienone is 1. The van der Waals surface area contributed by atoms with E-state index < -0.39 is 0 Å². The van der Waals surface area contributed by atoms with E-state index in [1.165, 1.54) is 0 Å². The molecule has 0 radical (unpaired) electrons. The van der Waals surface area contributed by atoms with Crippen LogP contribution in [0.25, 0.3) is 22.6 Å². The number of ether oxygens (including phenoxy) is 3. The molecule has 0 unspecified atom stereocenters. The van der Waals surface area contributed by atoms with Crippen LogP contribution in [-0.2, 0) is 11.2 Å². The van der Waals surface area contributed by atoms with Crippen LogP contribution < -0.4 is 9.47 Å². The first-order chi connectivity index (χ1) is 16.2. The quantitative estimate of drug-likeness (QED) is 0.589. The van der Waals surface area contributed by atoms with Crippen LogP contribution in [0.1, 0.15) is 40.0 Å². The molecule has 2 aliphatic rings. The number of fused-ring (bicyclic) bond motifs is 2. The van der Waals surface area contributed by atoms with Crippen LogP contribution in [0.15, 0.2) is 42.5 Å². The van der Waals surface area contributed by atoms with E-state index in [1.54, 1.807) is 14.2 Å². The number of para-hydroxylation sites is 1. The van der Waals surface area contributed by atoms with Gasteiger partial charge in [-0.25, -0.2) is 4.98 Å². The predicted molar refractivity (Wildman–Crippen MR) is 129 cm³/mol. The van der Waals surface area contributed by atoms with Gasteiger partial charge in [-0.3, -0.25) is 4.79 Å². The van der Waals surface area contributed by atoms with Crippen molar-refractivity contribution < 1.29 is 19.0 Å². The fourth-order valence-corrected chi connectivity index (χ4v) is 4.79. The molecule has 2 heterocycles. The average molecular weight is 445 g/mol. The smallest absolute Gasteiger partial charge is 0.255 e. The van der Waals surface area contributed by atoms with Gasteiger partial charge >= 0.3 is 0 Å². The van der Waals surface area contributed by atoms with Gasteiger partial charge in [0, 0.05) is 18.5 Å². The van der Waals surface area contributed by atoms with Crippen molar-refractivity contribution in [2.75, 3.05) is 40.5 Å². The van der Waals surface area contributed by atoms with E-state index in [0.717, 1.165) is 58.1 Å². The maximum Gasteiger partial charge on any atom is 0.255 e. The lowest BCUT2D eigenvalue weighted by Crippen LogP contribution is -2.41. The molecule has 5 rings (SSSR count). The van der Waals surface area contributed by atoms with Crippen LogP contribution in [0.4, 0.5) is 0 Å². The summed E-state index contributed by atoms with van der Waals surface area (Å²) in [5, 5.41) is 0.931. The summed E-state index contributed by atoms with van der Waals surface area (Å²) in [5.41, 5.74) is 5.81. The lowest BCUT2D eigenvalue weighted by molar-refractivity contribution is 0.0303. The molecule has 170 valence electrons. The number of aromatic nitrogens is 1. The van der Waals surface area contributed by atoms with Crippen LogP contribution in [-0.4, -0.2) is 56.3 Å². The molecule has 0 atom stereocenters. The number of rotatable bonds is 4. The predicted octanol–water partition coefficient (Wildman–Crippen LogP) is 4.60. The van der Waals surface area contributed by atoms with Gasteiger partial charge in [-0.2, -0.15) is 0 Å². The zero-order valence-corrected chi connectivity index (χ0v) is 19.1. The molecule has 0 N–H and O–H groups in total. The van der Waals surface area contributed by atoms with Gasteiger partial charge in [0.05, 0.1) is 44.2 Å². The fourth-order valence-electron chi connectivity index (χ4n) is 4.79. The molecule has 1 fully saturated rings. The van der Waals surface area contributed by atoms with Crippen molar-refractivity contribution >= 4 is 28.5 Å². The number of hydrogen-bond acceptors (Lipinski definition) is 5. The van der Waals surface area contributed by atoms with Crippen molar-refractivity contribution in [2.45, 2.75) is 19.3 Å². The zero-order valence-electron chi connectivity index (χ0n) is 19.1. The number of benzene rings is 2. The van der Waals surface area contributed by atoms with Gasteiger partial charge in [0.25, 0.3) is 5.91 Å². The molecule has 1 saturated heterocycles. The standard InChI is InChI=1S/C27H28N2O4/c1-31-23-11-10-18(17-24(23)32-2)16-19-6-5-8-21-25(27(30)29-12-14-33-15-13-29)20-7-3-4-9-22(20)28-26(19)21/h3-4,7,9-11,16-17H,5-6,8,12-15H2,1-2H3/b19-16+. The van der Waals surface area contributed by atoms with E-state index in [-0.39, 0.29) is 5.91 Å². The summed E-state index contributed by atoms with van der Waals surface area (Å²) >= 11 is 0. The van der Waals surface area contributed by atoms with Gasteiger partial charge in [0.1, 0.15) is 0 Å². The third kappa shape index (κ3) is 4.07. The Bertz CT molecular complexity index is 1230. The van der Waals surface area contributed by atoms with Crippen molar-refractivity contribution in [3.05, 3.63) is 64.8 Å². The summed E-state index contributed by atoms with van der Waals surface area (Å²) < 4.78 is 16.3. The highest BCUT2D eigenvalue weighted by Crippen LogP contribution is 2.37. The minimum Gasteiger partial charge on any atom is -0.493 e. The van der Waals surface area contributed by atoms with Crippen LogP contribution in [0.5, 0.6) is 11.5 Å². The number of methoxy groups -OCH3 is 2. The lowest BCUT2D eigenvalue weighted by atomic mass is 9.85. The highest BCUT2D eigenvalue weighted by molar-refractivity contribution is 6.09. The Hall–Kier alpha value is -3.38. The lowest BCUT2D eigenvalue weighted by Gasteiger charge is -2.30. The maximum absolute atomic E-state index is 13.7. The summed E-state index contributed by atoms with van der Waals surface area (Å²) in [6.45, 7) is 2.42. The van der Waals surface area contributed by atoms with Crippen molar-refractivity contribution in [3.63, 3.8) is 0 Å². The van der Waals surface area contributed by atoms with Gasteiger partial charge in [-0.05, 0) is 60.2 Å². The average Bonchev–Trinajstić information content (AvgIpc) is 2.87. The summed E-state index contributed by atoms with van der Waals surface area (Å²) in [5.74, 6) is 1.48. The van der Waals surface area contributed by atoms with E-state index in [4.69, 9.17) is 19.2 Å². The first kappa shape index (κ1) is 21.5. The van der Waals surface area contributed by atoms with Crippen LogP contribution in [0.3, 0.4) is 0 Å². The summed E-state index contributed by atoms with van der Waals surface area (Å²) in [4.78, 5) is 20.7. The summed E-state index contributed by atoms with van der Waals surface area (Å²) in [7, 11) is 3.28. The molecule has 6 nitrogen and oxygen atoms in total. The zero-order chi connectivity index (χ0) is 22.8. The Morgan fingerprint density at radius 2 is 1.82 bits per heavy atom. The Labute approximate surface area is 193 Å². The number of amides is 1. The van der Waals surface area contributed by atoms with Crippen molar-refractivity contribution in [3.8, 4) is 11.5 Å². The number of morpholine rings is 1. The summed E-state index contributed by atoms with van der Waals surface area (Å²) in [6, 6.07) is 13.9. The fraction of sp³-hybridized carbons (Fsp3) is 0.333. The third-order valence-corrected chi connectivity index (χ3v) is 6.43.